The smallest absolute Gasteiger partial charge is 0.222 e. The summed E-state index contributed by atoms with van der Waals surface area (Å²) >= 11 is 0. The first kappa shape index (κ1) is 9.19. The molecule has 3 heteroatoms. The van der Waals surface area contributed by atoms with Gasteiger partial charge in [0, 0.05) is 37.8 Å². The fourth-order valence-electron chi connectivity index (χ4n) is 1.80. The molecule has 1 aliphatic rings. The van der Waals surface area contributed by atoms with Crippen LogP contribution in [0.2, 0.25) is 0 Å². The Bertz CT molecular complexity index is 349. The third kappa shape index (κ3) is 1.62. The minimum absolute atomic E-state index is 0.236. The summed E-state index contributed by atoms with van der Waals surface area (Å²) in [5.41, 5.74) is 2.34. The molecule has 0 aromatic carbocycles. The van der Waals surface area contributed by atoms with E-state index in [1.165, 1.54) is 5.56 Å². The number of aromatic nitrogens is 1. The topological polar surface area (TPSA) is 33.2 Å². The van der Waals surface area contributed by atoms with Gasteiger partial charge in [-0.2, -0.15) is 0 Å². The van der Waals surface area contributed by atoms with Crippen molar-refractivity contribution >= 4 is 5.91 Å². The molecule has 0 saturated carbocycles. The van der Waals surface area contributed by atoms with E-state index in [0.29, 0.717) is 6.42 Å². The van der Waals surface area contributed by atoms with Crippen LogP contribution < -0.4 is 0 Å². The van der Waals surface area contributed by atoms with Crippen LogP contribution in [0.4, 0.5) is 0 Å². The summed E-state index contributed by atoms with van der Waals surface area (Å²) in [5.74, 6) is 0.236. The number of hydrogen-bond acceptors (Lipinski definition) is 2. The molecule has 0 spiro atoms. The van der Waals surface area contributed by atoms with E-state index in [2.05, 4.69) is 11.1 Å². The number of pyridine rings is 1. The molecule has 0 atom stereocenters. The van der Waals surface area contributed by atoms with Crippen LogP contribution in [-0.4, -0.2) is 22.3 Å². The molecule has 0 fully saturated rings. The molecule has 1 aliphatic heterocycles. The van der Waals surface area contributed by atoms with Crippen LogP contribution >= 0.6 is 0 Å². The Kier molecular flexibility index (Phi) is 2.48. The standard InChI is InChI=1S/C11H14N2O/c1-2-11(14)13-7-5-10-9(8-13)4-3-6-12-10/h3-4,6H,2,5,7-8H2,1H3. The Morgan fingerprint density at radius 3 is 3.29 bits per heavy atom. The van der Waals surface area contributed by atoms with Crippen molar-refractivity contribution < 1.29 is 4.79 Å². The van der Waals surface area contributed by atoms with Crippen LogP contribution in [0.1, 0.15) is 24.6 Å². The highest BCUT2D eigenvalue weighted by molar-refractivity contribution is 5.76. The number of carbonyl (C=O) groups excluding carboxylic acids is 1. The molecule has 2 heterocycles. The molecule has 0 radical (unpaired) electrons. The van der Waals surface area contributed by atoms with Gasteiger partial charge in [-0.1, -0.05) is 13.0 Å². The van der Waals surface area contributed by atoms with Crippen molar-refractivity contribution in [3.05, 3.63) is 29.6 Å². The van der Waals surface area contributed by atoms with Crippen LogP contribution in [0.3, 0.4) is 0 Å². The van der Waals surface area contributed by atoms with Gasteiger partial charge in [-0.25, -0.2) is 0 Å². The van der Waals surface area contributed by atoms with E-state index in [1.54, 1.807) is 0 Å². The molecular weight excluding hydrogens is 176 g/mol. The van der Waals surface area contributed by atoms with Crippen molar-refractivity contribution in [3.63, 3.8) is 0 Å². The predicted octanol–water partition coefficient (Wildman–Crippen LogP) is 1.38. The molecule has 2 rings (SSSR count). The van der Waals surface area contributed by atoms with Crippen molar-refractivity contribution in [2.45, 2.75) is 26.3 Å². The van der Waals surface area contributed by atoms with Gasteiger partial charge in [0.25, 0.3) is 0 Å². The molecule has 14 heavy (non-hydrogen) atoms. The number of carbonyl (C=O) groups is 1. The maximum absolute atomic E-state index is 11.5. The number of fused-ring (bicyclic) bond motifs is 1. The quantitative estimate of drug-likeness (QED) is 0.670. The van der Waals surface area contributed by atoms with Gasteiger partial charge in [-0.15, -0.1) is 0 Å². The Balaban J connectivity index is 2.17. The largest absolute Gasteiger partial charge is 0.338 e. The summed E-state index contributed by atoms with van der Waals surface area (Å²) < 4.78 is 0. The molecule has 3 nitrogen and oxygen atoms in total. The lowest BCUT2D eigenvalue weighted by atomic mass is 10.1. The fraction of sp³-hybridized carbons (Fsp3) is 0.455. The highest BCUT2D eigenvalue weighted by atomic mass is 16.2. The van der Waals surface area contributed by atoms with Crippen molar-refractivity contribution in [1.82, 2.24) is 9.88 Å². The molecule has 0 aliphatic carbocycles. The van der Waals surface area contributed by atoms with Crippen molar-refractivity contribution in [1.29, 1.82) is 0 Å². The average molecular weight is 190 g/mol. The minimum Gasteiger partial charge on any atom is -0.338 e. The Labute approximate surface area is 83.8 Å². The molecule has 1 amide bonds. The maximum atomic E-state index is 11.5. The molecule has 0 saturated heterocycles. The second-order valence-electron chi connectivity index (χ2n) is 3.53. The Morgan fingerprint density at radius 2 is 2.50 bits per heavy atom. The summed E-state index contributed by atoms with van der Waals surface area (Å²) in [5, 5.41) is 0. The van der Waals surface area contributed by atoms with Crippen molar-refractivity contribution in [2.75, 3.05) is 6.54 Å². The minimum atomic E-state index is 0.236. The number of hydrogen-bond donors (Lipinski definition) is 0. The van der Waals surface area contributed by atoms with Gasteiger partial charge in [0.1, 0.15) is 0 Å². The monoisotopic (exact) mass is 190 g/mol. The van der Waals surface area contributed by atoms with Crippen molar-refractivity contribution in [3.8, 4) is 0 Å². The third-order valence-corrected chi connectivity index (χ3v) is 2.62. The van der Waals surface area contributed by atoms with Gasteiger partial charge < -0.3 is 4.90 Å². The summed E-state index contributed by atoms with van der Waals surface area (Å²) in [6.07, 6.45) is 3.30. The van der Waals surface area contributed by atoms with Gasteiger partial charge in [0.15, 0.2) is 0 Å². The lowest BCUT2D eigenvalue weighted by molar-refractivity contribution is -0.131. The van der Waals surface area contributed by atoms with Crippen LogP contribution in [-0.2, 0) is 17.8 Å². The summed E-state index contributed by atoms with van der Waals surface area (Å²) in [6, 6.07) is 3.98. The molecule has 1 aromatic heterocycles. The molecular formula is C11H14N2O. The second kappa shape index (κ2) is 3.78. The normalized spacial score (nSPS) is 15.1. The highest BCUT2D eigenvalue weighted by Crippen LogP contribution is 2.16. The first-order valence-corrected chi connectivity index (χ1v) is 5.02. The van der Waals surface area contributed by atoms with Gasteiger partial charge >= 0.3 is 0 Å². The average Bonchev–Trinajstić information content (AvgIpc) is 2.27. The third-order valence-electron chi connectivity index (χ3n) is 2.62. The molecule has 0 unspecified atom stereocenters. The SMILES string of the molecule is CCC(=O)N1CCc2ncccc2C1. The van der Waals surface area contributed by atoms with E-state index in [4.69, 9.17) is 0 Å². The van der Waals surface area contributed by atoms with Crippen LogP contribution in [0, 0.1) is 0 Å². The fourth-order valence-corrected chi connectivity index (χ4v) is 1.80. The predicted molar refractivity (Wildman–Crippen MR) is 53.6 cm³/mol. The maximum Gasteiger partial charge on any atom is 0.222 e. The van der Waals surface area contributed by atoms with Gasteiger partial charge in [-0.3, -0.25) is 9.78 Å². The van der Waals surface area contributed by atoms with E-state index < -0.39 is 0 Å². The van der Waals surface area contributed by atoms with E-state index in [-0.39, 0.29) is 5.91 Å². The number of amides is 1. The zero-order valence-electron chi connectivity index (χ0n) is 8.36. The summed E-state index contributed by atoms with van der Waals surface area (Å²) in [4.78, 5) is 17.7. The molecule has 74 valence electrons. The summed E-state index contributed by atoms with van der Waals surface area (Å²) in [6.45, 7) is 3.45. The lowest BCUT2D eigenvalue weighted by Gasteiger charge is -2.27. The number of nitrogens with zero attached hydrogens (tertiary/aromatic N) is 2. The van der Waals surface area contributed by atoms with E-state index in [9.17, 15) is 4.79 Å². The van der Waals surface area contributed by atoms with E-state index in [1.807, 2.05) is 24.1 Å². The highest BCUT2D eigenvalue weighted by Gasteiger charge is 2.19. The number of rotatable bonds is 1. The van der Waals surface area contributed by atoms with Gasteiger partial charge in [-0.05, 0) is 11.6 Å². The molecule has 1 aromatic rings. The summed E-state index contributed by atoms with van der Waals surface area (Å²) in [7, 11) is 0. The first-order valence-electron chi connectivity index (χ1n) is 5.02. The van der Waals surface area contributed by atoms with E-state index >= 15 is 0 Å². The van der Waals surface area contributed by atoms with Crippen molar-refractivity contribution in [2.24, 2.45) is 0 Å². The van der Waals surface area contributed by atoms with E-state index in [0.717, 1.165) is 25.2 Å². The van der Waals surface area contributed by atoms with Gasteiger partial charge in [0.2, 0.25) is 5.91 Å². The zero-order chi connectivity index (χ0) is 9.97. The molecule has 0 bridgehead atoms. The van der Waals surface area contributed by atoms with Gasteiger partial charge in [0.05, 0.1) is 0 Å². The zero-order valence-corrected chi connectivity index (χ0v) is 8.36. The molecule has 0 N–H and O–H groups in total. The second-order valence-corrected chi connectivity index (χ2v) is 3.53. The Morgan fingerprint density at radius 1 is 1.64 bits per heavy atom. The lowest BCUT2D eigenvalue weighted by Crippen LogP contribution is -2.35. The Hall–Kier alpha value is -1.38. The van der Waals surface area contributed by atoms with Crippen LogP contribution in [0.5, 0.6) is 0 Å². The van der Waals surface area contributed by atoms with Crippen LogP contribution in [0.15, 0.2) is 18.3 Å². The first-order chi connectivity index (χ1) is 6.81. The van der Waals surface area contributed by atoms with Crippen LogP contribution in [0.25, 0.3) is 0 Å².